The van der Waals surface area contributed by atoms with Crippen LogP contribution in [0.3, 0.4) is 0 Å². The monoisotopic (exact) mass is 360 g/mol. The third-order valence-corrected chi connectivity index (χ3v) is 3.95. The molecule has 8 nitrogen and oxygen atoms in total. The number of amides is 3. The van der Waals surface area contributed by atoms with Gasteiger partial charge in [-0.3, -0.25) is 10.1 Å². The fraction of sp³-hybridized carbons (Fsp3) is 0.133. The average molecular weight is 360 g/mol. The highest BCUT2D eigenvalue weighted by Gasteiger charge is 2.12. The molecule has 0 spiro atoms. The molecule has 3 amide bonds. The fourth-order valence-electron chi connectivity index (χ4n) is 1.97. The molecule has 0 saturated carbocycles. The third-order valence-electron chi connectivity index (χ3n) is 3.08. The molecule has 25 heavy (non-hydrogen) atoms. The SMILES string of the molecule is O=C(Cn1nnc(-c2cccc(F)c2)n1)NC(=O)NCc1cccs1. The van der Waals surface area contributed by atoms with Crippen molar-refractivity contribution in [2.24, 2.45) is 0 Å². The standard InChI is InChI=1S/C15H13FN6O2S/c16-11-4-1-3-10(7-11)14-19-21-22(20-14)9-13(23)18-15(24)17-8-12-5-2-6-25-12/h1-7H,8-9H2,(H2,17,18,23,24). The van der Waals surface area contributed by atoms with Crippen molar-refractivity contribution in [3.8, 4) is 11.4 Å². The molecule has 0 aliphatic heterocycles. The molecule has 128 valence electrons. The lowest BCUT2D eigenvalue weighted by Crippen LogP contribution is -2.40. The van der Waals surface area contributed by atoms with Crippen molar-refractivity contribution in [2.45, 2.75) is 13.1 Å². The van der Waals surface area contributed by atoms with Gasteiger partial charge in [0, 0.05) is 10.4 Å². The Morgan fingerprint density at radius 3 is 2.88 bits per heavy atom. The maximum absolute atomic E-state index is 13.2. The summed E-state index contributed by atoms with van der Waals surface area (Å²) in [5.74, 6) is -0.824. The molecule has 3 rings (SSSR count). The molecule has 0 aliphatic rings. The number of hydrogen-bond donors (Lipinski definition) is 2. The predicted molar refractivity (Wildman–Crippen MR) is 87.9 cm³/mol. The number of hydrogen-bond acceptors (Lipinski definition) is 6. The molecule has 1 aromatic carbocycles. The minimum Gasteiger partial charge on any atom is -0.333 e. The third kappa shape index (κ3) is 4.67. The number of urea groups is 1. The zero-order valence-electron chi connectivity index (χ0n) is 12.8. The molecule has 0 bridgehead atoms. The molecule has 3 aromatic rings. The van der Waals surface area contributed by atoms with Crippen molar-refractivity contribution in [2.75, 3.05) is 0 Å². The number of nitrogens with zero attached hydrogens (tertiary/aromatic N) is 4. The van der Waals surface area contributed by atoms with Gasteiger partial charge in [0.25, 0.3) is 5.91 Å². The van der Waals surface area contributed by atoms with Crippen molar-refractivity contribution in [1.29, 1.82) is 0 Å². The quantitative estimate of drug-likeness (QED) is 0.719. The van der Waals surface area contributed by atoms with Crippen LogP contribution in [0.5, 0.6) is 0 Å². The van der Waals surface area contributed by atoms with E-state index in [1.807, 2.05) is 17.5 Å². The predicted octanol–water partition coefficient (Wildman–Crippen LogP) is 1.57. The summed E-state index contributed by atoms with van der Waals surface area (Å²) >= 11 is 1.50. The van der Waals surface area contributed by atoms with Crippen molar-refractivity contribution in [3.63, 3.8) is 0 Å². The van der Waals surface area contributed by atoms with E-state index >= 15 is 0 Å². The van der Waals surface area contributed by atoms with E-state index in [0.29, 0.717) is 12.1 Å². The Balaban J connectivity index is 1.52. The number of thiophene rings is 1. The van der Waals surface area contributed by atoms with Crippen LogP contribution in [0.4, 0.5) is 9.18 Å². The van der Waals surface area contributed by atoms with Gasteiger partial charge in [-0.2, -0.15) is 4.80 Å². The summed E-state index contributed by atoms with van der Waals surface area (Å²) in [5, 5.41) is 18.1. The highest BCUT2D eigenvalue weighted by molar-refractivity contribution is 7.09. The summed E-state index contributed by atoms with van der Waals surface area (Å²) in [4.78, 5) is 25.5. The fourth-order valence-corrected chi connectivity index (χ4v) is 2.62. The molecule has 10 heteroatoms. The van der Waals surface area contributed by atoms with Crippen LogP contribution in [0.1, 0.15) is 4.88 Å². The van der Waals surface area contributed by atoms with Gasteiger partial charge < -0.3 is 5.32 Å². The highest BCUT2D eigenvalue weighted by Crippen LogP contribution is 2.14. The van der Waals surface area contributed by atoms with Crippen molar-refractivity contribution in [3.05, 3.63) is 52.5 Å². The van der Waals surface area contributed by atoms with Crippen LogP contribution in [0.25, 0.3) is 11.4 Å². The average Bonchev–Trinajstić information content (AvgIpc) is 3.24. The maximum atomic E-state index is 13.2. The number of aromatic nitrogens is 4. The van der Waals surface area contributed by atoms with Crippen LogP contribution in [0.15, 0.2) is 41.8 Å². The van der Waals surface area contributed by atoms with Gasteiger partial charge in [0.2, 0.25) is 5.82 Å². The van der Waals surface area contributed by atoms with Crippen LogP contribution in [-0.2, 0) is 17.9 Å². The van der Waals surface area contributed by atoms with Crippen molar-refractivity contribution >= 4 is 23.3 Å². The normalized spacial score (nSPS) is 10.4. The minimum atomic E-state index is -0.608. The van der Waals surface area contributed by atoms with E-state index in [1.165, 1.54) is 29.5 Å². The topological polar surface area (TPSA) is 102 Å². The second kappa shape index (κ2) is 7.62. The lowest BCUT2D eigenvalue weighted by Gasteiger charge is -2.05. The molecule has 2 aromatic heterocycles. The maximum Gasteiger partial charge on any atom is 0.321 e. The molecule has 0 fully saturated rings. The van der Waals surface area contributed by atoms with E-state index in [1.54, 1.807) is 6.07 Å². The van der Waals surface area contributed by atoms with Crippen LogP contribution >= 0.6 is 11.3 Å². The number of benzene rings is 1. The second-order valence-electron chi connectivity index (χ2n) is 4.96. The summed E-state index contributed by atoms with van der Waals surface area (Å²) in [6, 6.07) is 8.86. The molecular formula is C15H13FN6O2S. The van der Waals surface area contributed by atoms with E-state index in [9.17, 15) is 14.0 Å². The Hall–Kier alpha value is -3.14. The number of carbonyl (C=O) groups is 2. The van der Waals surface area contributed by atoms with Crippen LogP contribution in [0.2, 0.25) is 0 Å². The van der Waals surface area contributed by atoms with Gasteiger partial charge in [0.05, 0.1) is 6.54 Å². The first kappa shape index (κ1) is 16.7. The number of tetrazole rings is 1. The lowest BCUT2D eigenvalue weighted by atomic mass is 10.2. The summed E-state index contributed by atoms with van der Waals surface area (Å²) < 4.78 is 13.2. The van der Waals surface area contributed by atoms with Crippen LogP contribution in [0, 0.1) is 5.82 Å². The van der Waals surface area contributed by atoms with E-state index < -0.39 is 17.8 Å². The van der Waals surface area contributed by atoms with Gasteiger partial charge in [-0.25, -0.2) is 9.18 Å². The van der Waals surface area contributed by atoms with E-state index in [2.05, 4.69) is 26.0 Å². The highest BCUT2D eigenvalue weighted by atomic mass is 32.1. The van der Waals surface area contributed by atoms with Gasteiger partial charge in [-0.1, -0.05) is 18.2 Å². The lowest BCUT2D eigenvalue weighted by molar-refractivity contribution is -0.121. The van der Waals surface area contributed by atoms with Gasteiger partial charge in [0.1, 0.15) is 12.4 Å². The molecule has 0 unspecified atom stereocenters. The van der Waals surface area contributed by atoms with Gasteiger partial charge >= 0.3 is 6.03 Å². The summed E-state index contributed by atoms with van der Waals surface area (Å²) in [5.41, 5.74) is 0.445. The Morgan fingerprint density at radius 2 is 2.12 bits per heavy atom. The molecule has 0 aliphatic carbocycles. The summed E-state index contributed by atoms with van der Waals surface area (Å²) in [7, 11) is 0. The molecule has 2 N–H and O–H groups in total. The number of halogens is 1. The van der Waals surface area contributed by atoms with Crippen molar-refractivity contribution in [1.82, 2.24) is 30.8 Å². The Kier molecular flexibility index (Phi) is 5.09. The van der Waals surface area contributed by atoms with Crippen LogP contribution < -0.4 is 10.6 Å². The molecule has 0 atom stereocenters. The summed E-state index contributed by atoms with van der Waals surface area (Å²) in [6.07, 6.45) is 0. The van der Waals surface area contributed by atoms with Gasteiger partial charge in [-0.05, 0) is 28.8 Å². The van der Waals surface area contributed by atoms with E-state index in [-0.39, 0.29) is 12.4 Å². The summed E-state index contributed by atoms with van der Waals surface area (Å²) in [6.45, 7) is 0.0524. The van der Waals surface area contributed by atoms with Gasteiger partial charge in [-0.15, -0.1) is 21.5 Å². The molecule has 2 heterocycles. The Labute approximate surface area is 145 Å². The number of imide groups is 1. The minimum absolute atomic E-state index is 0.189. The number of carbonyl (C=O) groups excluding carboxylic acids is 2. The molecule has 0 radical (unpaired) electrons. The van der Waals surface area contributed by atoms with Crippen LogP contribution in [-0.4, -0.2) is 32.1 Å². The zero-order chi connectivity index (χ0) is 17.6. The molecule has 0 saturated heterocycles. The first-order valence-electron chi connectivity index (χ1n) is 7.24. The number of rotatable bonds is 5. The Morgan fingerprint density at radius 1 is 1.24 bits per heavy atom. The zero-order valence-corrected chi connectivity index (χ0v) is 13.7. The first-order chi connectivity index (χ1) is 12.1. The van der Waals surface area contributed by atoms with E-state index in [0.717, 1.165) is 9.67 Å². The second-order valence-corrected chi connectivity index (χ2v) is 6.00. The Bertz CT molecular complexity index is 880. The van der Waals surface area contributed by atoms with Gasteiger partial charge in [0.15, 0.2) is 0 Å². The first-order valence-corrected chi connectivity index (χ1v) is 8.12. The van der Waals surface area contributed by atoms with Crippen molar-refractivity contribution < 1.29 is 14.0 Å². The largest absolute Gasteiger partial charge is 0.333 e. The van der Waals surface area contributed by atoms with E-state index in [4.69, 9.17) is 0 Å². The number of nitrogens with one attached hydrogen (secondary N) is 2. The smallest absolute Gasteiger partial charge is 0.321 e. The molecular weight excluding hydrogens is 347 g/mol.